The van der Waals surface area contributed by atoms with Gasteiger partial charge in [-0.1, -0.05) is 36.2 Å². The van der Waals surface area contributed by atoms with E-state index in [2.05, 4.69) is 24.4 Å². The number of aliphatic hydroxyl groups is 1. The topological polar surface area (TPSA) is 44.7 Å². The monoisotopic (exact) mass is 370 g/mol. The van der Waals surface area contributed by atoms with Crippen LogP contribution in [0.3, 0.4) is 0 Å². The maximum absolute atomic E-state index is 10.6. The molecule has 132 valence electrons. The molecule has 2 saturated heterocycles. The highest BCUT2D eigenvalue weighted by molar-refractivity contribution is 6.42. The molecule has 0 aliphatic carbocycles. The van der Waals surface area contributed by atoms with Gasteiger partial charge in [0.2, 0.25) is 0 Å². The van der Waals surface area contributed by atoms with Gasteiger partial charge in [0.1, 0.15) is 0 Å². The van der Waals surface area contributed by atoms with Crippen molar-refractivity contribution in [2.75, 3.05) is 14.2 Å². The number of likely N-dealkylation sites (N-methyl/N-ethyl adjacent to an activating group) is 1. The maximum Gasteiger partial charge on any atom is 0.0749 e. The van der Waals surface area contributed by atoms with E-state index in [1.165, 1.54) is 5.57 Å². The van der Waals surface area contributed by atoms with Crippen molar-refractivity contribution in [1.82, 2.24) is 10.4 Å². The van der Waals surface area contributed by atoms with Crippen molar-refractivity contribution in [2.24, 2.45) is 0 Å². The summed E-state index contributed by atoms with van der Waals surface area (Å²) in [6.07, 6.45) is 2.20. The maximum atomic E-state index is 10.6. The van der Waals surface area contributed by atoms with Crippen molar-refractivity contribution in [3.8, 4) is 0 Å². The van der Waals surface area contributed by atoms with Crippen molar-refractivity contribution >= 4 is 23.2 Å². The number of hydroxylamine groups is 1. The Kier molecular flexibility index (Phi) is 5.42. The molecule has 0 amide bonds. The molecule has 1 aromatic carbocycles. The summed E-state index contributed by atoms with van der Waals surface area (Å²) >= 11 is 12.3. The fraction of sp³-hybridized carbons (Fsp3) is 0.556. The third-order valence-corrected chi connectivity index (χ3v) is 6.11. The quantitative estimate of drug-likeness (QED) is 0.792. The first-order chi connectivity index (χ1) is 11.5. The highest BCUT2D eigenvalue weighted by Crippen LogP contribution is 2.47. The molecule has 2 unspecified atom stereocenters. The predicted molar refractivity (Wildman–Crippen MR) is 97.2 cm³/mol. The molecule has 4 atom stereocenters. The Bertz CT molecular complexity index is 650. The van der Waals surface area contributed by atoms with Gasteiger partial charge in [-0.15, -0.1) is 0 Å². The first-order valence-electron chi connectivity index (χ1n) is 8.34. The molecule has 2 heterocycles. The van der Waals surface area contributed by atoms with Gasteiger partial charge < -0.3 is 5.11 Å². The van der Waals surface area contributed by atoms with Crippen LogP contribution < -0.4 is 5.48 Å². The summed E-state index contributed by atoms with van der Waals surface area (Å²) in [5, 5.41) is 11.8. The number of piperidine rings is 1. The molecule has 0 aromatic heterocycles. The van der Waals surface area contributed by atoms with Gasteiger partial charge >= 0.3 is 0 Å². The van der Waals surface area contributed by atoms with Crippen molar-refractivity contribution in [2.45, 2.75) is 50.3 Å². The molecule has 0 saturated carbocycles. The Morgan fingerprint density at radius 3 is 2.71 bits per heavy atom. The van der Waals surface area contributed by atoms with Crippen molar-refractivity contribution < 1.29 is 9.94 Å². The molecular formula is C18H24Cl2N2O2. The molecule has 2 aliphatic heterocycles. The number of hydrogen-bond acceptors (Lipinski definition) is 4. The predicted octanol–water partition coefficient (Wildman–Crippen LogP) is 3.73. The van der Waals surface area contributed by atoms with Gasteiger partial charge in [0, 0.05) is 17.7 Å². The Hall–Kier alpha value is -0.780. The molecule has 6 heteroatoms. The lowest BCUT2D eigenvalue weighted by Gasteiger charge is -2.40. The van der Waals surface area contributed by atoms with Crippen LogP contribution in [-0.2, 0) is 4.84 Å². The lowest BCUT2D eigenvalue weighted by atomic mass is 9.79. The summed E-state index contributed by atoms with van der Waals surface area (Å²) in [7, 11) is 3.71. The number of benzene rings is 1. The molecule has 0 radical (unpaired) electrons. The average molecular weight is 371 g/mol. The number of rotatable bonds is 4. The van der Waals surface area contributed by atoms with Crippen LogP contribution in [0.15, 0.2) is 29.5 Å². The zero-order valence-electron chi connectivity index (χ0n) is 14.2. The molecule has 2 aliphatic rings. The summed E-state index contributed by atoms with van der Waals surface area (Å²) < 4.78 is 0. The number of aliphatic hydroxyl groups excluding tert-OH is 1. The average Bonchev–Trinajstić information content (AvgIpc) is 2.74. The minimum Gasteiger partial charge on any atom is -0.391 e. The van der Waals surface area contributed by atoms with E-state index in [0.29, 0.717) is 16.1 Å². The summed E-state index contributed by atoms with van der Waals surface area (Å²) in [6.45, 7) is 2.09. The largest absolute Gasteiger partial charge is 0.391 e. The minimum absolute atomic E-state index is 0.000744. The van der Waals surface area contributed by atoms with E-state index in [4.69, 9.17) is 28.0 Å². The lowest BCUT2D eigenvalue weighted by Crippen LogP contribution is -2.45. The standard InChI is InChI=1S/C18H24Cl2N2O2/c1-4-15(21-24-3)17-12(10-5-6-13(19)14(20)7-10)8-11-9-16(23)18(17)22(11)2/h5-7,11-12,16,18,21,23H,4,8-9H2,1-3H3/t11?,12-,16?,18+/m0/s1. The van der Waals surface area contributed by atoms with Crippen LogP contribution in [-0.4, -0.2) is 42.4 Å². The van der Waals surface area contributed by atoms with Crippen molar-refractivity contribution in [3.63, 3.8) is 0 Å². The minimum atomic E-state index is -0.358. The smallest absolute Gasteiger partial charge is 0.0749 e. The lowest BCUT2D eigenvalue weighted by molar-refractivity contribution is 0.101. The molecule has 24 heavy (non-hydrogen) atoms. The molecule has 2 bridgehead atoms. The molecular weight excluding hydrogens is 347 g/mol. The second-order valence-corrected chi connectivity index (χ2v) is 7.44. The molecule has 4 nitrogen and oxygen atoms in total. The van der Waals surface area contributed by atoms with Crippen LogP contribution in [0.25, 0.3) is 0 Å². The van der Waals surface area contributed by atoms with Gasteiger partial charge in [-0.3, -0.25) is 15.2 Å². The second kappa shape index (κ2) is 7.22. The van der Waals surface area contributed by atoms with Crippen molar-refractivity contribution in [3.05, 3.63) is 45.1 Å². The number of fused-ring (bicyclic) bond motifs is 2. The van der Waals surface area contributed by atoms with Crippen LogP contribution in [0.4, 0.5) is 0 Å². The van der Waals surface area contributed by atoms with Gasteiger partial charge in [0.05, 0.1) is 29.3 Å². The first-order valence-corrected chi connectivity index (χ1v) is 9.10. The van der Waals surface area contributed by atoms with E-state index in [-0.39, 0.29) is 18.1 Å². The Morgan fingerprint density at radius 2 is 2.08 bits per heavy atom. The molecule has 1 aromatic rings. The summed E-state index contributed by atoms with van der Waals surface area (Å²) in [4.78, 5) is 7.49. The fourth-order valence-electron chi connectivity index (χ4n) is 4.26. The molecule has 0 spiro atoms. The van der Waals surface area contributed by atoms with E-state index in [9.17, 15) is 5.11 Å². The van der Waals surface area contributed by atoms with Crippen LogP contribution in [0.2, 0.25) is 10.0 Å². The second-order valence-electron chi connectivity index (χ2n) is 6.62. The van der Waals surface area contributed by atoms with Gasteiger partial charge in [0.15, 0.2) is 0 Å². The normalized spacial score (nSPS) is 32.1. The fourth-order valence-corrected chi connectivity index (χ4v) is 4.57. The molecule has 2 fully saturated rings. The van der Waals surface area contributed by atoms with E-state index in [0.717, 1.165) is 30.5 Å². The number of halogens is 2. The van der Waals surface area contributed by atoms with E-state index < -0.39 is 0 Å². The Morgan fingerprint density at radius 1 is 1.33 bits per heavy atom. The zero-order valence-corrected chi connectivity index (χ0v) is 15.7. The summed E-state index contributed by atoms with van der Waals surface area (Å²) in [5.74, 6) is 0.195. The van der Waals surface area contributed by atoms with Crippen LogP contribution in [0.5, 0.6) is 0 Å². The van der Waals surface area contributed by atoms with E-state index >= 15 is 0 Å². The van der Waals surface area contributed by atoms with E-state index in [1.807, 2.05) is 18.2 Å². The Balaban J connectivity index is 2.10. The molecule has 2 N–H and O–H groups in total. The SMILES string of the molecule is CCC(NOC)=C1[C@H](c2ccc(Cl)c(Cl)c2)CC2CC(O)[C@H]1N2C. The van der Waals surface area contributed by atoms with Gasteiger partial charge in [-0.25, -0.2) is 0 Å². The summed E-state index contributed by atoms with van der Waals surface area (Å²) in [6, 6.07) is 6.21. The molecule has 3 rings (SSSR count). The van der Waals surface area contributed by atoms with E-state index in [1.54, 1.807) is 7.11 Å². The van der Waals surface area contributed by atoms with Crippen LogP contribution in [0.1, 0.15) is 37.7 Å². The Labute approximate surface area is 153 Å². The van der Waals surface area contributed by atoms with Crippen molar-refractivity contribution in [1.29, 1.82) is 0 Å². The highest BCUT2D eigenvalue weighted by atomic mass is 35.5. The van der Waals surface area contributed by atoms with Crippen LogP contribution >= 0.6 is 23.2 Å². The van der Waals surface area contributed by atoms with Gasteiger partial charge in [0.25, 0.3) is 0 Å². The summed E-state index contributed by atoms with van der Waals surface area (Å²) in [5.41, 5.74) is 6.40. The first kappa shape index (κ1) is 18.0. The third kappa shape index (κ3) is 3.06. The number of nitrogens with one attached hydrogen (secondary N) is 1. The van der Waals surface area contributed by atoms with Gasteiger partial charge in [-0.05, 0) is 49.6 Å². The zero-order chi connectivity index (χ0) is 17.4. The highest BCUT2D eigenvalue weighted by Gasteiger charge is 2.48. The van der Waals surface area contributed by atoms with Crippen LogP contribution in [0, 0.1) is 0 Å². The number of allylic oxidation sites excluding steroid dienone is 1. The third-order valence-electron chi connectivity index (χ3n) is 5.37. The number of hydrogen-bond donors (Lipinski definition) is 2. The van der Waals surface area contributed by atoms with Gasteiger partial charge in [-0.2, -0.15) is 0 Å². The number of nitrogens with zero attached hydrogens (tertiary/aromatic N) is 1.